The van der Waals surface area contributed by atoms with Crippen LogP contribution in [-0.4, -0.2) is 22.1 Å². The van der Waals surface area contributed by atoms with Crippen molar-refractivity contribution in [2.24, 2.45) is 0 Å². The van der Waals surface area contributed by atoms with Gasteiger partial charge in [-0.2, -0.15) is 0 Å². The topological polar surface area (TPSA) is 56.1 Å². The number of halogens is 2. The van der Waals surface area contributed by atoms with E-state index in [0.29, 0.717) is 5.75 Å². The summed E-state index contributed by atoms with van der Waals surface area (Å²) in [5, 5.41) is 2.94. The van der Waals surface area contributed by atoms with Gasteiger partial charge in [0, 0.05) is 22.6 Å². The number of aromatic nitrogens is 2. The van der Waals surface area contributed by atoms with Gasteiger partial charge in [-0.25, -0.2) is 4.98 Å². The molecular formula is C19H17Br2N3O2. The number of hydrogen-bond donors (Lipinski definition) is 1. The van der Waals surface area contributed by atoms with Crippen LogP contribution in [-0.2, 0) is 4.79 Å². The predicted octanol–water partition coefficient (Wildman–Crippen LogP) is 4.65. The van der Waals surface area contributed by atoms with Crippen molar-refractivity contribution in [2.45, 2.75) is 13.0 Å². The molecule has 0 aliphatic carbocycles. The molecule has 0 radical (unpaired) electrons. The van der Waals surface area contributed by atoms with E-state index in [4.69, 9.17) is 4.74 Å². The summed E-state index contributed by atoms with van der Waals surface area (Å²) < 4.78 is 9.23. The van der Waals surface area contributed by atoms with Crippen LogP contribution in [0.5, 0.6) is 5.75 Å². The average molecular weight is 479 g/mol. The van der Waals surface area contributed by atoms with E-state index in [9.17, 15) is 4.79 Å². The number of benzene rings is 2. The van der Waals surface area contributed by atoms with Crippen LogP contribution in [0.1, 0.15) is 18.5 Å². The third-order valence-electron chi connectivity index (χ3n) is 3.83. The molecule has 5 nitrogen and oxygen atoms in total. The Morgan fingerprint density at radius 3 is 2.65 bits per heavy atom. The van der Waals surface area contributed by atoms with Crippen LogP contribution in [0.3, 0.4) is 0 Å². The van der Waals surface area contributed by atoms with Crippen LogP contribution in [0, 0.1) is 0 Å². The molecule has 0 saturated carbocycles. The van der Waals surface area contributed by atoms with E-state index >= 15 is 0 Å². The fraction of sp³-hybridized carbons (Fsp3) is 0.158. The molecule has 0 bridgehead atoms. The summed E-state index contributed by atoms with van der Waals surface area (Å²) in [4.78, 5) is 16.2. The number of hydrogen-bond acceptors (Lipinski definition) is 3. The molecule has 7 heteroatoms. The Bertz CT molecular complexity index is 880. The number of amides is 1. The number of imidazole rings is 1. The molecule has 0 fully saturated rings. The first-order chi connectivity index (χ1) is 12.5. The first kappa shape index (κ1) is 18.7. The SMILES string of the molecule is C[C@H](NC(=O)COc1ccc(Br)cc1Br)c1ccc(-n2ccnc2)cc1. The molecule has 0 aliphatic rings. The second-order valence-corrected chi connectivity index (χ2v) is 7.48. The van der Waals surface area contributed by atoms with Crippen molar-refractivity contribution in [1.82, 2.24) is 14.9 Å². The zero-order valence-corrected chi connectivity index (χ0v) is 17.2. The summed E-state index contributed by atoms with van der Waals surface area (Å²) in [5.74, 6) is 0.451. The zero-order chi connectivity index (χ0) is 18.5. The number of nitrogens with zero attached hydrogens (tertiary/aromatic N) is 2. The lowest BCUT2D eigenvalue weighted by Gasteiger charge is -2.16. The quantitative estimate of drug-likeness (QED) is 0.560. The summed E-state index contributed by atoms with van der Waals surface area (Å²) >= 11 is 6.80. The van der Waals surface area contributed by atoms with Crippen molar-refractivity contribution in [3.63, 3.8) is 0 Å². The minimum atomic E-state index is -0.175. The minimum Gasteiger partial charge on any atom is -0.483 e. The van der Waals surface area contributed by atoms with Gasteiger partial charge in [0.2, 0.25) is 0 Å². The van der Waals surface area contributed by atoms with Crippen molar-refractivity contribution in [1.29, 1.82) is 0 Å². The third-order valence-corrected chi connectivity index (χ3v) is 4.94. The van der Waals surface area contributed by atoms with Crippen LogP contribution >= 0.6 is 31.9 Å². The van der Waals surface area contributed by atoms with Crippen molar-refractivity contribution < 1.29 is 9.53 Å². The van der Waals surface area contributed by atoms with Gasteiger partial charge in [0.05, 0.1) is 16.8 Å². The van der Waals surface area contributed by atoms with Crippen LogP contribution in [0.4, 0.5) is 0 Å². The second kappa shape index (κ2) is 8.51. The van der Waals surface area contributed by atoms with Gasteiger partial charge in [0.15, 0.2) is 6.61 Å². The Morgan fingerprint density at radius 2 is 2.00 bits per heavy atom. The van der Waals surface area contributed by atoms with Gasteiger partial charge in [0.1, 0.15) is 5.75 Å². The Kier molecular flexibility index (Phi) is 6.11. The Hall–Kier alpha value is -2.12. The van der Waals surface area contributed by atoms with Gasteiger partial charge in [-0.1, -0.05) is 28.1 Å². The lowest BCUT2D eigenvalue weighted by Crippen LogP contribution is -2.31. The van der Waals surface area contributed by atoms with E-state index in [1.807, 2.05) is 54.1 Å². The monoisotopic (exact) mass is 477 g/mol. The average Bonchev–Trinajstić information content (AvgIpc) is 3.16. The summed E-state index contributed by atoms with van der Waals surface area (Å²) in [6.07, 6.45) is 5.37. The standard InChI is InChI=1S/C19H17Br2N3O2/c1-13(14-2-5-16(6-3-14)24-9-8-22-12-24)23-19(25)11-26-18-7-4-15(20)10-17(18)21/h2-10,12-13H,11H2,1H3,(H,23,25)/t13-/m0/s1. The van der Waals surface area contributed by atoms with Gasteiger partial charge in [-0.15, -0.1) is 0 Å². The van der Waals surface area contributed by atoms with E-state index in [1.165, 1.54) is 0 Å². The molecule has 1 N–H and O–H groups in total. The highest BCUT2D eigenvalue weighted by molar-refractivity contribution is 9.11. The molecule has 0 unspecified atom stereocenters. The Balaban J connectivity index is 1.55. The van der Waals surface area contributed by atoms with Gasteiger partial charge in [-0.3, -0.25) is 4.79 Å². The van der Waals surface area contributed by atoms with Gasteiger partial charge < -0.3 is 14.6 Å². The molecule has 1 aromatic heterocycles. The highest BCUT2D eigenvalue weighted by Crippen LogP contribution is 2.28. The van der Waals surface area contributed by atoms with Crippen LogP contribution in [0.15, 0.2) is 70.1 Å². The van der Waals surface area contributed by atoms with Crippen molar-refractivity contribution >= 4 is 37.8 Å². The lowest BCUT2D eigenvalue weighted by atomic mass is 10.1. The maximum atomic E-state index is 12.2. The van der Waals surface area contributed by atoms with Crippen molar-refractivity contribution in [3.8, 4) is 11.4 Å². The number of rotatable bonds is 6. The highest BCUT2D eigenvalue weighted by atomic mass is 79.9. The maximum Gasteiger partial charge on any atom is 0.258 e. The molecule has 2 aromatic carbocycles. The molecule has 3 aromatic rings. The normalized spacial score (nSPS) is 11.8. The molecule has 0 spiro atoms. The van der Waals surface area contributed by atoms with E-state index in [-0.39, 0.29) is 18.6 Å². The summed E-state index contributed by atoms with van der Waals surface area (Å²) in [5.41, 5.74) is 2.04. The summed E-state index contributed by atoms with van der Waals surface area (Å²) in [6, 6.07) is 13.4. The molecule has 1 heterocycles. The molecule has 0 aliphatic heterocycles. The van der Waals surface area contributed by atoms with E-state index < -0.39 is 0 Å². The van der Waals surface area contributed by atoms with E-state index in [2.05, 4.69) is 42.2 Å². The molecule has 1 atom stereocenters. The molecule has 26 heavy (non-hydrogen) atoms. The molecule has 0 saturated heterocycles. The second-order valence-electron chi connectivity index (χ2n) is 5.71. The van der Waals surface area contributed by atoms with E-state index in [1.54, 1.807) is 18.6 Å². The third kappa shape index (κ3) is 4.74. The Labute approximate surface area is 168 Å². The predicted molar refractivity (Wildman–Crippen MR) is 107 cm³/mol. The largest absolute Gasteiger partial charge is 0.483 e. The van der Waals surface area contributed by atoms with Crippen LogP contribution in [0.2, 0.25) is 0 Å². The Morgan fingerprint density at radius 1 is 1.23 bits per heavy atom. The van der Waals surface area contributed by atoms with Crippen molar-refractivity contribution in [2.75, 3.05) is 6.61 Å². The zero-order valence-electron chi connectivity index (χ0n) is 14.0. The fourth-order valence-electron chi connectivity index (χ4n) is 2.45. The van der Waals surface area contributed by atoms with Gasteiger partial charge in [0.25, 0.3) is 5.91 Å². The summed E-state index contributed by atoms with van der Waals surface area (Å²) in [7, 11) is 0. The van der Waals surface area contributed by atoms with Crippen molar-refractivity contribution in [3.05, 3.63) is 75.7 Å². The van der Waals surface area contributed by atoms with Gasteiger partial charge in [-0.05, 0) is 58.7 Å². The number of nitrogens with one attached hydrogen (secondary N) is 1. The molecule has 134 valence electrons. The molecule has 1 amide bonds. The highest BCUT2D eigenvalue weighted by Gasteiger charge is 2.11. The fourth-order valence-corrected chi connectivity index (χ4v) is 3.61. The first-order valence-electron chi connectivity index (χ1n) is 7.98. The first-order valence-corrected chi connectivity index (χ1v) is 9.57. The molecular weight excluding hydrogens is 462 g/mol. The summed E-state index contributed by atoms with van der Waals surface area (Å²) in [6.45, 7) is 1.90. The smallest absolute Gasteiger partial charge is 0.258 e. The van der Waals surface area contributed by atoms with E-state index in [0.717, 1.165) is 20.2 Å². The molecule has 3 rings (SSSR count). The number of carbonyl (C=O) groups excluding carboxylic acids is 1. The lowest BCUT2D eigenvalue weighted by molar-refractivity contribution is -0.123. The van der Waals surface area contributed by atoms with Crippen LogP contribution < -0.4 is 10.1 Å². The van der Waals surface area contributed by atoms with Crippen LogP contribution in [0.25, 0.3) is 5.69 Å². The number of ether oxygens (including phenoxy) is 1. The van der Waals surface area contributed by atoms with Gasteiger partial charge >= 0.3 is 0 Å². The maximum absolute atomic E-state index is 12.2. The minimum absolute atomic E-state index is 0.0440. The number of carbonyl (C=O) groups is 1.